The second-order valence-corrected chi connectivity index (χ2v) is 6.38. The van der Waals surface area contributed by atoms with Crippen molar-refractivity contribution in [2.24, 2.45) is 0 Å². The first kappa shape index (κ1) is 15.6. The fraction of sp³-hybridized carbons (Fsp3) is 0.167. The summed E-state index contributed by atoms with van der Waals surface area (Å²) < 4.78 is 14.5. The van der Waals surface area contributed by atoms with Gasteiger partial charge in [0, 0.05) is 12.1 Å². The van der Waals surface area contributed by atoms with Crippen LogP contribution in [0.4, 0.5) is 5.69 Å². The molecule has 2 heterocycles. The third-order valence-electron chi connectivity index (χ3n) is 3.89. The molecule has 0 saturated carbocycles. The minimum Gasteiger partial charge on any atom is -0.454 e. The maximum atomic E-state index is 12.1. The first-order valence-corrected chi connectivity index (χ1v) is 8.61. The molecule has 0 aliphatic carbocycles. The molecule has 1 aromatic heterocycles. The van der Waals surface area contributed by atoms with Gasteiger partial charge in [0.05, 0.1) is 11.1 Å². The number of hydrogen-bond acceptors (Lipinski definition) is 6. The number of fused-ring (bicyclic) bond motifs is 1. The van der Waals surface area contributed by atoms with Gasteiger partial charge in [0.15, 0.2) is 11.5 Å². The van der Waals surface area contributed by atoms with Crippen LogP contribution in [0, 0.1) is 0 Å². The van der Waals surface area contributed by atoms with Gasteiger partial charge in [-0.3, -0.25) is 4.79 Å². The average Bonchev–Trinajstić information content (AvgIpc) is 3.32. The standard InChI is InChI=1S/C18H15N3O3S/c22-18(8-2-12-1-7-15-16(9-12)24-11-23-15)20-14-5-3-13(4-6-14)17-10-19-21-25-17/h1,3-7,9-10H,2,8,11H2,(H,20,22). The van der Waals surface area contributed by atoms with Crippen molar-refractivity contribution in [3.63, 3.8) is 0 Å². The molecule has 1 aliphatic rings. The van der Waals surface area contributed by atoms with Crippen molar-refractivity contribution < 1.29 is 14.3 Å². The highest BCUT2D eigenvalue weighted by Gasteiger charge is 2.13. The monoisotopic (exact) mass is 353 g/mol. The Morgan fingerprint density at radius 3 is 2.76 bits per heavy atom. The quantitative estimate of drug-likeness (QED) is 0.760. The molecule has 2 aromatic carbocycles. The molecule has 0 fully saturated rings. The lowest BCUT2D eigenvalue weighted by Crippen LogP contribution is -2.12. The number of ether oxygens (including phenoxy) is 2. The number of nitrogens with one attached hydrogen (secondary N) is 1. The van der Waals surface area contributed by atoms with Crippen LogP contribution in [-0.4, -0.2) is 22.3 Å². The molecule has 3 aromatic rings. The Labute approximate surface area is 148 Å². The second kappa shape index (κ2) is 6.90. The van der Waals surface area contributed by atoms with Crippen LogP contribution in [-0.2, 0) is 11.2 Å². The highest BCUT2D eigenvalue weighted by Crippen LogP contribution is 2.32. The summed E-state index contributed by atoms with van der Waals surface area (Å²) in [5.74, 6) is 1.47. The molecule has 0 saturated heterocycles. The lowest BCUT2D eigenvalue weighted by molar-refractivity contribution is -0.116. The molecule has 7 heteroatoms. The van der Waals surface area contributed by atoms with Crippen LogP contribution in [0.2, 0.25) is 0 Å². The molecule has 1 N–H and O–H groups in total. The van der Waals surface area contributed by atoms with E-state index in [0.29, 0.717) is 12.8 Å². The molecule has 4 rings (SSSR count). The number of carbonyl (C=O) groups excluding carboxylic acids is 1. The molecule has 0 atom stereocenters. The smallest absolute Gasteiger partial charge is 0.231 e. The number of benzene rings is 2. The van der Waals surface area contributed by atoms with Gasteiger partial charge in [-0.25, -0.2) is 0 Å². The van der Waals surface area contributed by atoms with Gasteiger partial charge in [0.2, 0.25) is 12.7 Å². The summed E-state index contributed by atoms with van der Waals surface area (Å²) in [7, 11) is 0. The topological polar surface area (TPSA) is 73.3 Å². The number of aryl methyl sites for hydroxylation is 1. The Balaban J connectivity index is 1.33. The lowest BCUT2D eigenvalue weighted by Gasteiger charge is -2.06. The number of anilines is 1. The van der Waals surface area contributed by atoms with Gasteiger partial charge in [-0.2, -0.15) is 0 Å². The Bertz CT molecular complexity index is 879. The fourth-order valence-corrected chi connectivity index (χ4v) is 3.11. The van der Waals surface area contributed by atoms with E-state index in [9.17, 15) is 4.79 Å². The summed E-state index contributed by atoms with van der Waals surface area (Å²) in [6.45, 7) is 0.257. The third-order valence-corrected chi connectivity index (χ3v) is 4.61. The van der Waals surface area contributed by atoms with E-state index in [-0.39, 0.29) is 12.7 Å². The average molecular weight is 353 g/mol. The third kappa shape index (κ3) is 3.61. The Morgan fingerprint density at radius 1 is 1.12 bits per heavy atom. The molecule has 6 nitrogen and oxygen atoms in total. The van der Waals surface area contributed by atoms with Crippen molar-refractivity contribution in [3.05, 3.63) is 54.2 Å². The van der Waals surface area contributed by atoms with Crippen LogP contribution in [0.1, 0.15) is 12.0 Å². The van der Waals surface area contributed by atoms with E-state index in [0.717, 1.165) is 33.2 Å². The van der Waals surface area contributed by atoms with E-state index in [2.05, 4.69) is 14.9 Å². The Morgan fingerprint density at radius 2 is 1.96 bits per heavy atom. The van der Waals surface area contributed by atoms with Crippen molar-refractivity contribution in [2.45, 2.75) is 12.8 Å². The van der Waals surface area contributed by atoms with Crippen molar-refractivity contribution >= 4 is 23.1 Å². The maximum Gasteiger partial charge on any atom is 0.231 e. The van der Waals surface area contributed by atoms with E-state index in [1.165, 1.54) is 11.5 Å². The SMILES string of the molecule is O=C(CCc1ccc2c(c1)OCO2)Nc1ccc(-c2cnns2)cc1. The van der Waals surface area contributed by atoms with Crippen molar-refractivity contribution in [2.75, 3.05) is 12.1 Å². The van der Waals surface area contributed by atoms with Gasteiger partial charge >= 0.3 is 0 Å². The molecule has 25 heavy (non-hydrogen) atoms. The zero-order valence-electron chi connectivity index (χ0n) is 13.3. The van der Waals surface area contributed by atoms with Gasteiger partial charge < -0.3 is 14.8 Å². The van der Waals surface area contributed by atoms with Gasteiger partial charge in [-0.1, -0.05) is 22.7 Å². The zero-order chi connectivity index (χ0) is 17.1. The summed E-state index contributed by atoms with van der Waals surface area (Å²) in [4.78, 5) is 13.1. The zero-order valence-corrected chi connectivity index (χ0v) is 14.1. The second-order valence-electron chi connectivity index (χ2n) is 5.59. The minimum atomic E-state index is -0.0233. The van der Waals surface area contributed by atoms with E-state index >= 15 is 0 Å². The number of carbonyl (C=O) groups is 1. The molecule has 126 valence electrons. The van der Waals surface area contributed by atoms with Gasteiger partial charge in [-0.05, 0) is 53.3 Å². The number of nitrogens with zero attached hydrogens (tertiary/aromatic N) is 2. The van der Waals surface area contributed by atoms with Crippen molar-refractivity contribution in [3.8, 4) is 21.9 Å². The predicted octanol–water partition coefficient (Wildman–Crippen LogP) is 3.51. The van der Waals surface area contributed by atoms with E-state index in [1.54, 1.807) is 6.20 Å². The molecule has 1 aliphatic heterocycles. The normalized spacial score (nSPS) is 12.2. The molecular formula is C18H15N3O3S. The first-order chi connectivity index (χ1) is 12.3. The Hall–Kier alpha value is -2.93. The number of amides is 1. The van der Waals surface area contributed by atoms with Crippen LogP contribution in [0.15, 0.2) is 48.7 Å². The maximum absolute atomic E-state index is 12.1. The van der Waals surface area contributed by atoms with Crippen molar-refractivity contribution in [1.29, 1.82) is 0 Å². The minimum absolute atomic E-state index is 0.0233. The van der Waals surface area contributed by atoms with Gasteiger partial charge in [0.25, 0.3) is 0 Å². The van der Waals surface area contributed by atoms with Crippen LogP contribution in [0.5, 0.6) is 11.5 Å². The molecular weight excluding hydrogens is 338 g/mol. The lowest BCUT2D eigenvalue weighted by atomic mass is 10.1. The van der Waals surface area contributed by atoms with Gasteiger partial charge in [0.1, 0.15) is 0 Å². The number of rotatable bonds is 5. The highest BCUT2D eigenvalue weighted by molar-refractivity contribution is 7.09. The molecule has 0 unspecified atom stereocenters. The summed E-state index contributed by atoms with van der Waals surface area (Å²) in [5, 5.41) is 6.74. The number of hydrogen-bond donors (Lipinski definition) is 1. The number of aromatic nitrogens is 2. The fourth-order valence-electron chi connectivity index (χ4n) is 2.59. The van der Waals surface area contributed by atoms with E-state index in [1.807, 2.05) is 42.5 Å². The summed E-state index contributed by atoms with van der Waals surface area (Å²) in [6.07, 6.45) is 2.77. The van der Waals surface area contributed by atoms with Gasteiger partial charge in [-0.15, -0.1) is 5.10 Å². The molecule has 0 radical (unpaired) electrons. The predicted molar refractivity (Wildman–Crippen MR) is 94.9 cm³/mol. The van der Waals surface area contributed by atoms with Crippen LogP contribution in [0.25, 0.3) is 10.4 Å². The van der Waals surface area contributed by atoms with Crippen LogP contribution in [0.3, 0.4) is 0 Å². The molecule has 1 amide bonds. The Kier molecular flexibility index (Phi) is 4.30. The molecule has 0 bridgehead atoms. The first-order valence-electron chi connectivity index (χ1n) is 7.84. The van der Waals surface area contributed by atoms with E-state index in [4.69, 9.17) is 9.47 Å². The van der Waals surface area contributed by atoms with Crippen molar-refractivity contribution in [1.82, 2.24) is 9.59 Å². The summed E-state index contributed by atoms with van der Waals surface area (Å²) >= 11 is 1.34. The molecule has 0 spiro atoms. The van der Waals surface area contributed by atoms with Crippen LogP contribution < -0.4 is 14.8 Å². The van der Waals surface area contributed by atoms with E-state index < -0.39 is 0 Å². The summed E-state index contributed by atoms with van der Waals surface area (Å²) in [5.41, 5.74) is 2.86. The largest absolute Gasteiger partial charge is 0.454 e. The van der Waals surface area contributed by atoms with Crippen LogP contribution >= 0.6 is 11.5 Å². The highest BCUT2D eigenvalue weighted by atomic mass is 32.1. The summed E-state index contributed by atoms with van der Waals surface area (Å²) in [6, 6.07) is 13.4.